The highest BCUT2D eigenvalue weighted by Crippen LogP contribution is 2.44. The average Bonchev–Trinajstić information content (AvgIpc) is 2.96. The Bertz CT molecular complexity index is 506. The molecule has 18 heavy (non-hydrogen) atoms. The summed E-state index contributed by atoms with van der Waals surface area (Å²) in [4.78, 5) is 29.2. The molecule has 2 heterocycles. The Morgan fingerprint density at radius 1 is 1.50 bits per heavy atom. The Kier molecular flexibility index (Phi) is 2.39. The lowest BCUT2D eigenvalue weighted by Gasteiger charge is -2.27. The standard InChI is InChI=1S/C12H15N3O3/c1-14-6-13-5-9(14)11-8(12(17)18)4-10(16)15(11)7-2-3-7/h5-8,11H,2-4H2,1H3,(H,17,18). The van der Waals surface area contributed by atoms with E-state index in [2.05, 4.69) is 4.98 Å². The van der Waals surface area contributed by atoms with Gasteiger partial charge in [-0.2, -0.15) is 0 Å². The first-order valence-electron chi connectivity index (χ1n) is 6.09. The van der Waals surface area contributed by atoms with Crippen molar-refractivity contribution in [2.45, 2.75) is 31.3 Å². The van der Waals surface area contributed by atoms with Crippen molar-refractivity contribution in [1.82, 2.24) is 14.5 Å². The normalized spacial score (nSPS) is 27.8. The second-order valence-corrected chi connectivity index (χ2v) is 5.06. The first-order chi connectivity index (χ1) is 8.59. The number of carboxylic acid groups (broad SMARTS) is 1. The smallest absolute Gasteiger partial charge is 0.309 e. The van der Waals surface area contributed by atoms with Crippen LogP contribution in [0.3, 0.4) is 0 Å². The third-order valence-corrected chi connectivity index (χ3v) is 3.78. The highest BCUT2D eigenvalue weighted by molar-refractivity contribution is 5.87. The Balaban J connectivity index is 2.01. The molecule has 1 aromatic rings. The summed E-state index contributed by atoms with van der Waals surface area (Å²) in [6, 6.07) is -0.142. The molecule has 2 aliphatic rings. The molecule has 0 spiro atoms. The highest BCUT2D eigenvalue weighted by Gasteiger charge is 2.50. The van der Waals surface area contributed by atoms with Crippen molar-refractivity contribution in [3.05, 3.63) is 18.2 Å². The van der Waals surface area contributed by atoms with Gasteiger partial charge in [0.15, 0.2) is 0 Å². The SMILES string of the molecule is Cn1cncc1C1C(C(=O)O)CC(=O)N1C1CC1. The maximum atomic E-state index is 12.0. The topological polar surface area (TPSA) is 75.4 Å². The molecule has 2 unspecified atom stereocenters. The Labute approximate surface area is 104 Å². The van der Waals surface area contributed by atoms with Crippen molar-refractivity contribution in [2.75, 3.05) is 0 Å². The van der Waals surface area contributed by atoms with Crippen LogP contribution in [-0.2, 0) is 16.6 Å². The zero-order chi connectivity index (χ0) is 12.9. The van der Waals surface area contributed by atoms with E-state index in [1.165, 1.54) is 0 Å². The fourth-order valence-electron chi connectivity index (χ4n) is 2.76. The molecule has 2 atom stereocenters. The minimum Gasteiger partial charge on any atom is -0.481 e. The van der Waals surface area contributed by atoms with Crippen LogP contribution in [0.25, 0.3) is 0 Å². The summed E-state index contributed by atoms with van der Waals surface area (Å²) >= 11 is 0. The van der Waals surface area contributed by atoms with Gasteiger partial charge in [-0.05, 0) is 12.8 Å². The molecule has 1 aromatic heterocycles. The number of carbonyl (C=O) groups is 2. The summed E-state index contributed by atoms with van der Waals surface area (Å²) in [5.74, 6) is -1.61. The van der Waals surface area contributed by atoms with Gasteiger partial charge in [-0.25, -0.2) is 4.98 Å². The number of imidazole rings is 1. The molecule has 3 rings (SSSR count). The van der Waals surface area contributed by atoms with Gasteiger partial charge in [0, 0.05) is 19.5 Å². The monoisotopic (exact) mass is 249 g/mol. The molecule has 1 saturated heterocycles. The number of aliphatic carboxylic acids is 1. The second kappa shape index (κ2) is 3.83. The van der Waals surface area contributed by atoms with Crippen molar-refractivity contribution in [1.29, 1.82) is 0 Å². The first kappa shape index (κ1) is 11.3. The average molecular weight is 249 g/mol. The van der Waals surface area contributed by atoms with Gasteiger partial charge < -0.3 is 14.6 Å². The fourth-order valence-corrected chi connectivity index (χ4v) is 2.76. The van der Waals surface area contributed by atoms with Crippen LogP contribution in [0.5, 0.6) is 0 Å². The molecule has 1 amide bonds. The predicted octanol–water partition coefficient (Wildman–Crippen LogP) is 0.557. The number of nitrogens with zero attached hydrogens (tertiary/aromatic N) is 3. The van der Waals surface area contributed by atoms with Crippen LogP contribution < -0.4 is 0 Å². The van der Waals surface area contributed by atoms with Gasteiger partial charge in [0.05, 0.1) is 30.2 Å². The largest absolute Gasteiger partial charge is 0.481 e. The number of carboxylic acids is 1. The zero-order valence-electron chi connectivity index (χ0n) is 10.1. The van der Waals surface area contributed by atoms with E-state index in [1.807, 2.05) is 7.05 Å². The van der Waals surface area contributed by atoms with E-state index in [4.69, 9.17) is 0 Å². The van der Waals surface area contributed by atoms with E-state index in [-0.39, 0.29) is 24.4 Å². The van der Waals surface area contributed by atoms with Crippen LogP contribution in [0.4, 0.5) is 0 Å². The van der Waals surface area contributed by atoms with Crippen molar-refractivity contribution < 1.29 is 14.7 Å². The fraction of sp³-hybridized carbons (Fsp3) is 0.583. The van der Waals surface area contributed by atoms with Gasteiger partial charge >= 0.3 is 5.97 Å². The lowest BCUT2D eigenvalue weighted by molar-refractivity contribution is -0.142. The minimum absolute atomic E-state index is 0.0453. The van der Waals surface area contributed by atoms with E-state index >= 15 is 0 Å². The molecule has 0 aromatic carbocycles. The number of likely N-dealkylation sites (tertiary alicyclic amines) is 1. The van der Waals surface area contributed by atoms with E-state index in [9.17, 15) is 14.7 Å². The van der Waals surface area contributed by atoms with Gasteiger partial charge in [-0.1, -0.05) is 0 Å². The number of hydrogen-bond donors (Lipinski definition) is 1. The molecule has 96 valence electrons. The van der Waals surface area contributed by atoms with Gasteiger partial charge in [0.2, 0.25) is 5.91 Å². The Hall–Kier alpha value is -1.85. The molecule has 1 N–H and O–H groups in total. The second-order valence-electron chi connectivity index (χ2n) is 5.06. The first-order valence-corrected chi connectivity index (χ1v) is 6.09. The summed E-state index contributed by atoms with van der Waals surface area (Å²) in [5.41, 5.74) is 0.806. The molecule has 1 aliphatic carbocycles. The van der Waals surface area contributed by atoms with Crippen molar-refractivity contribution in [3.8, 4) is 0 Å². The van der Waals surface area contributed by atoms with E-state index in [0.29, 0.717) is 0 Å². The Morgan fingerprint density at radius 2 is 2.22 bits per heavy atom. The van der Waals surface area contributed by atoms with Crippen LogP contribution in [0.1, 0.15) is 31.0 Å². The summed E-state index contributed by atoms with van der Waals surface area (Å²) in [6.45, 7) is 0. The van der Waals surface area contributed by atoms with Crippen LogP contribution in [-0.4, -0.2) is 37.5 Å². The number of aryl methyl sites for hydroxylation is 1. The molecular formula is C12H15N3O3. The van der Waals surface area contributed by atoms with Gasteiger partial charge in [-0.3, -0.25) is 9.59 Å². The van der Waals surface area contributed by atoms with Crippen molar-refractivity contribution in [3.63, 3.8) is 0 Å². The number of rotatable bonds is 3. The van der Waals surface area contributed by atoms with E-state index < -0.39 is 11.9 Å². The van der Waals surface area contributed by atoms with Gasteiger partial charge in [-0.15, -0.1) is 0 Å². The summed E-state index contributed by atoms with van der Waals surface area (Å²) in [5, 5.41) is 9.30. The third-order valence-electron chi connectivity index (χ3n) is 3.78. The maximum absolute atomic E-state index is 12.0. The Morgan fingerprint density at radius 3 is 2.72 bits per heavy atom. The molecule has 1 aliphatic heterocycles. The minimum atomic E-state index is -0.905. The van der Waals surface area contributed by atoms with Crippen molar-refractivity contribution >= 4 is 11.9 Å². The van der Waals surface area contributed by atoms with Crippen LogP contribution >= 0.6 is 0 Å². The summed E-state index contributed by atoms with van der Waals surface area (Å²) in [6.07, 6.45) is 5.36. The van der Waals surface area contributed by atoms with Crippen molar-refractivity contribution in [2.24, 2.45) is 13.0 Å². The molecular weight excluding hydrogens is 234 g/mol. The van der Waals surface area contributed by atoms with Gasteiger partial charge in [0.25, 0.3) is 0 Å². The maximum Gasteiger partial charge on any atom is 0.309 e. The summed E-state index contributed by atoms with van der Waals surface area (Å²) < 4.78 is 1.80. The molecule has 1 saturated carbocycles. The predicted molar refractivity (Wildman–Crippen MR) is 61.6 cm³/mol. The lowest BCUT2D eigenvalue weighted by Crippen LogP contribution is -2.33. The number of aromatic nitrogens is 2. The molecule has 6 heteroatoms. The van der Waals surface area contributed by atoms with Crippen LogP contribution in [0.2, 0.25) is 0 Å². The van der Waals surface area contributed by atoms with E-state index in [1.54, 1.807) is 22.0 Å². The quantitative estimate of drug-likeness (QED) is 0.849. The highest BCUT2D eigenvalue weighted by atomic mass is 16.4. The number of carbonyl (C=O) groups excluding carboxylic acids is 1. The molecule has 2 fully saturated rings. The zero-order valence-corrected chi connectivity index (χ0v) is 10.1. The third kappa shape index (κ3) is 1.60. The van der Waals surface area contributed by atoms with E-state index in [0.717, 1.165) is 18.5 Å². The molecule has 0 radical (unpaired) electrons. The van der Waals surface area contributed by atoms with Crippen LogP contribution in [0.15, 0.2) is 12.5 Å². The van der Waals surface area contributed by atoms with Crippen LogP contribution in [0, 0.1) is 5.92 Å². The number of hydrogen-bond acceptors (Lipinski definition) is 3. The molecule has 0 bridgehead atoms. The molecule has 6 nitrogen and oxygen atoms in total. The summed E-state index contributed by atoms with van der Waals surface area (Å²) in [7, 11) is 1.83. The van der Waals surface area contributed by atoms with Gasteiger partial charge in [0.1, 0.15) is 0 Å². The number of amides is 1. The lowest BCUT2D eigenvalue weighted by atomic mass is 9.98.